The lowest BCUT2D eigenvalue weighted by atomic mass is 9.81. The number of pyridine rings is 1. The molecule has 2 aromatic rings. The lowest BCUT2D eigenvalue weighted by Gasteiger charge is -2.40. The Morgan fingerprint density at radius 1 is 1.10 bits per heavy atom. The molecular formula is C30H40F7N5O5Si. The number of ether oxygens (including phenoxy) is 2. The Morgan fingerprint density at radius 3 is 2.35 bits per heavy atom. The number of aromatic nitrogens is 3. The van der Waals surface area contributed by atoms with E-state index in [4.69, 9.17) is 9.47 Å². The van der Waals surface area contributed by atoms with Crippen LogP contribution in [0.4, 0.5) is 30.7 Å². The molecule has 0 spiro atoms. The van der Waals surface area contributed by atoms with Gasteiger partial charge in [0.05, 0.1) is 19.0 Å². The number of methoxy groups -OCH3 is 1. The number of hydrogen-bond acceptors (Lipinski definition) is 7. The number of hydrogen-bond donors (Lipinski definition) is 2. The molecule has 2 aromatic heterocycles. The average molecular weight is 712 g/mol. The molecule has 1 aliphatic carbocycles. The summed E-state index contributed by atoms with van der Waals surface area (Å²) in [6.45, 7) is 6.08. The van der Waals surface area contributed by atoms with E-state index in [1.54, 1.807) is 0 Å². The number of carbonyl (C=O) groups is 2. The molecule has 2 fully saturated rings. The van der Waals surface area contributed by atoms with Crippen LogP contribution in [0.3, 0.4) is 0 Å². The van der Waals surface area contributed by atoms with Crippen LogP contribution in [0.25, 0.3) is 11.3 Å². The number of piperidine rings is 1. The van der Waals surface area contributed by atoms with E-state index in [9.17, 15) is 45.4 Å². The Kier molecular flexibility index (Phi) is 11.2. The maximum absolute atomic E-state index is 14.9. The highest BCUT2D eigenvalue weighted by molar-refractivity contribution is 6.76. The Balaban J connectivity index is 1.52. The van der Waals surface area contributed by atoms with E-state index in [0.717, 1.165) is 12.2 Å². The topological polar surface area (TPSA) is 119 Å². The summed E-state index contributed by atoms with van der Waals surface area (Å²) in [4.78, 5) is 31.0. The van der Waals surface area contributed by atoms with Crippen molar-refractivity contribution in [1.82, 2.24) is 25.0 Å². The van der Waals surface area contributed by atoms with Crippen molar-refractivity contribution in [2.45, 2.75) is 101 Å². The number of carbonyl (C=O) groups excluding carboxylic acids is 2. The number of nitrogens with zero attached hydrogens (tertiary/aromatic N) is 4. The van der Waals surface area contributed by atoms with Crippen LogP contribution < -0.4 is 10.1 Å². The van der Waals surface area contributed by atoms with E-state index in [0.29, 0.717) is 11.5 Å². The standard InChI is InChI=1S/C30H40F7N5O5Si/c1-46-25-14-20(21(31)16-38-25)23-15-22(40-42(23)17-47-11-12-48(2,3)4)27(44)41-10-7-18(13-24(41)29(32,33)34)26(43)39-19-5-8-28(45,9-6-19)30(35,36)37/h14-16,18-19,24,45H,5-13,17H2,1-4H3,(H,39,43)/t18-,19?,24-,28?/m1/s1. The molecule has 48 heavy (non-hydrogen) atoms. The predicted molar refractivity (Wildman–Crippen MR) is 161 cm³/mol. The molecule has 18 heteroatoms. The zero-order valence-electron chi connectivity index (χ0n) is 27.0. The number of amides is 2. The molecule has 4 rings (SSSR count). The summed E-state index contributed by atoms with van der Waals surface area (Å²) in [7, 11) is -0.162. The molecule has 0 radical (unpaired) electrons. The van der Waals surface area contributed by atoms with Gasteiger partial charge in [-0.3, -0.25) is 9.59 Å². The summed E-state index contributed by atoms with van der Waals surface area (Å²) < 4.78 is 109. The van der Waals surface area contributed by atoms with Crippen molar-refractivity contribution in [3.05, 3.63) is 29.8 Å². The molecule has 1 saturated heterocycles. The quantitative estimate of drug-likeness (QED) is 0.189. The van der Waals surface area contributed by atoms with E-state index >= 15 is 0 Å². The Hall–Kier alpha value is -3.25. The Morgan fingerprint density at radius 2 is 1.77 bits per heavy atom. The van der Waals surface area contributed by atoms with Gasteiger partial charge in [-0.1, -0.05) is 19.6 Å². The van der Waals surface area contributed by atoms with Gasteiger partial charge < -0.3 is 24.8 Å². The molecule has 1 saturated carbocycles. The Bertz CT molecular complexity index is 1450. The molecule has 0 aromatic carbocycles. The molecule has 2 amide bonds. The summed E-state index contributed by atoms with van der Waals surface area (Å²) in [6.07, 6.45) is -11.5. The van der Waals surface area contributed by atoms with Crippen LogP contribution in [0, 0.1) is 11.7 Å². The zero-order valence-corrected chi connectivity index (χ0v) is 28.0. The largest absolute Gasteiger partial charge is 0.481 e. The number of halogens is 7. The number of likely N-dealkylation sites (tertiary alicyclic amines) is 1. The van der Waals surface area contributed by atoms with Crippen LogP contribution in [-0.4, -0.2) is 95.0 Å². The van der Waals surface area contributed by atoms with Crippen molar-refractivity contribution in [2.75, 3.05) is 20.3 Å². The first-order valence-electron chi connectivity index (χ1n) is 15.5. The monoisotopic (exact) mass is 711 g/mol. The van der Waals surface area contributed by atoms with Crippen LogP contribution in [0.1, 0.15) is 49.0 Å². The van der Waals surface area contributed by atoms with Gasteiger partial charge in [-0.15, -0.1) is 0 Å². The molecule has 268 valence electrons. The van der Waals surface area contributed by atoms with Crippen molar-refractivity contribution < 1.29 is 54.9 Å². The molecule has 2 N–H and O–H groups in total. The lowest BCUT2D eigenvalue weighted by Crippen LogP contribution is -2.56. The minimum Gasteiger partial charge on any atom is -0.481 e. The number of rotatable bonds is 10. The maximum atomic E-state index is 14.9. The van der Waals surface area contributed by atoms with Crippen LogP contribution in [0.15, 0.2) is 18.3 Å². The summed E-state index contributed by atoms with van der Waals surface area (Å²) in [5.74, 6) is -3.76. The van der Waals surface area contributed by atoms with E-state index in [2.05, 4.69) is 35.0 Å². The van der Waals surface area contributed by atoms with Gasteiger partial charge in [0.1, 0.15) is 12.8 Å². The highest BCUT2D eigenvalue weighted by Gasteiger charge is 2.55. The van der Waals surface area contributed by atoms with Gasteiger partial charge in [-0.2, -0.15) is 31.4 Å². The van der Waals surface area contributed by atoms with Gasteiger partial charge in [-0.25, -0.2) is 14.1 Å². The second-order valence-electron chi connectivity index (χ2n) is 13.6. The van der Waals surface area contributed by atoms with Gasteiger partial charge >= 0.3 is 12.4 Å². The first kappa shape index (κ1) is 37.6. The maximum Gasteiger partial charge on any atom is 0.417 e. The fourth-order valence-electron chi connectivity index (χ4n) is 5.84. The van der Waals surface area contributed by atoms with E-state index < -0.39 is 93.2 Å². The molecule has 2 aliphatic rings. The van der Waals surface area contributed by atoms with Gasteiger partial charge in [0, 0.05) is 44.8 Å². The third-order valence-corrected chi connectivity index (χ3v) is 10.5. The average Bonchev–Trinajstić information content (AvgIpc) is 3.42. The molecular weight excluding hydrogens is 671 g/mol. The van der Waals surface area contributed by atoms with Gasteiger partial charge in [0.15, 0.2) is 17.1 Å². The minimum absolute atomic E-state index is 0.0484. The van der Waals surface area contributed by atoms with Gasteiger partial charge in [-0.05, 0) is 50.6 Å². The first-order valence-corrected chi connectivity index (χ1v) is 19.3. The second kappa shape index (κ2) is 14.3. The van der Waals surface area contributed by atoms with E-state index in [-0.39, 0.29) is 43.1 Å². The van der Waals surface area contributed by atoms with Gasteiger partial charge in [0.25, 0.3) is 5.91 Å². The summed E-state index contributed by atoms with van der Waals surface area (Å²) in [5, 5.41) is 16.6. The number of nitrogens with one attached hydrogen (secondary N) is 1. The number of alkyl halides is 6. The molecule has 3 heterocycles. The van der Waals surface area contributed by atoms with Crippen molar-refractivity contribution in [3.63, 3.8) is 0 Å². The SMILES string of the molecule is COc1cc(-c2cc(C(=O)N3CC[C@@H](C(=O)NC4CCC(O)(C(F)(F)F)CC4)C[C@@H]3C(F)(F)F)nn2COCC[Si](C)(C)C)c(F)cn1. The van der Waals surface area contributed by atoms with E-state index in [1.807, 2.05) is 0 Å². The van der Waals surface area contributed by atoms with Crippen LogP contribution in [-0.2, 0) is 16.3 Å². The molecule has 0 bridgehead atoms. The van der Waals surface area contributed by atoms with E-state index in [1.165, 1.54) is 23.9 Å². The predicted octanol–water partition coefficient (Wildman–Crippen LogP) is 5.54. The number of aliphatic hydroxyl groups is 1. The third-order valence-electron chi connectivity index (χ3n) is 8.82. The van der Waals surface area contributed by atoms with Crippen LogP contribution in [0.5, 0.6) is 5.88 Å². The summed E-state index contributed by atoms with van der Waals surface area (Å²) in [6, 6.07) is 0.110. The highest BCUT2D eigenvalue weighted by atomic mass is 28.3. The first-order chi connectivity index (χ1) is 22.2. The van der Waals surface area contributed by atoms with Crippen molar-refractivity contribution >= 4 is 19.9 Å². The van der Waals surface area contributed by atoms with Crippen molar-refractivity contribution in [3.8, 4) is 17.1 Å². The normalized spacial score (nSPS) is 24.0. The second-order valence-corrected chi connectivity index (χ2v) is 19.2. The zero-order chi connectivity index (χ0) is 35.7. The highest BCUT2D eigenvalue weighted by Crippen LogP contribution is 2.42. The Labute approximate surface area is 274 Å². The fraction of sp³-hybridized carbons (Fsp3) is 0.667. The molecule has 2 atom stereocenters. The smallest absolute Gasteiger partial charge is 0.417 e. The third kappa shape index (κ3) is 8.85. The van der Waals surface area contributed by atoms with Crippen LogP contribution in [0.2, 0.25) is 25.7 Å². The molecule has 10 nitrogen and oxygen atoms in total. The fourth-order valence-corrected chi connectivity index (χ4v) is 6.60. The molecule has 1 aliphatic heterocycles. The summed E-state index contributed by atoms with van der Waals surface area (Å²) >= 11 is 0. The van der Waals surface area contributed by atoms with Crippen molar-refractivity contribution in [2.24, 2.45) is 5.92 Å². The summed E-state index contributed by atoms with van der Waals surface area (Å²) in [5.41, 5.74) is -3.29. The van der Waals surface area contributed by atoms with Crippen molar-refractivity contribution in [1.29, 1.82) is 0 Å². The minimum atomic E-state index is -4.93. The van der Waals surface area contributed by atoms with Crippen LogP contribution >= 0.6 is 0 Å². The lowest BCUT2D eigenvalue weighted by molar-refractivity contribution is -0.270. The molecule has 0 unspecified atom stereocenters. The van der Waals surface area contributed by atoms with Gasteiger partial charge in [0.2, 0.25) is 11.8 Å².